The Labute approximate surface area is 211 Å². The molecule has 2 aliphatic rings. The molecule has 2 fully saturated rings. The minimum absolute atomic E-state index is 0.0572. The quantitative estimate of drug-likeness (QED) is 0.294. The number of ether oxygens (including phenoxy) is 1. The number of Topliss-reactive ketones (excluding diaryl/α,β-unsaturated/α-hetero) is 1. The summed E-state index contributed by atoms with van der Waals surface area (Å²) in [6.45, 7) is 5.88. The van der Waals surface area contributed by atoms with Gasteiger partial charge in [-0.3, -0.25) is 14.5 Å². The molecule has 5 rings (SSSR count). The molecule has 1 amide bonds. The molecule has 0 aromatic heterocycles. The number of hydrogen-bond donors (Lipinski definition) is 1. The lowest BCUT2D eigenvalue weighted by Crippen LogP contribution is -2.29. The zero-order valence-electron chi connectivity index (χ0n) is 20.8. The molecule has 3 aromatic rings. The maximum Gasteiger partial charge on any atom is 0.300 e. The standard InChI is InChI=1S/C30H30N2O4/c1-19-10-15-25(36-3)24(18-19)28(33)26-27(23-9-5-4-8-20(23)2)32(30(35)29(26)34)22-13-11-21(12-14-22)31-16-6-7-17-31/h4-5,8-15,18,27,33H,6-7,16-17H2,1-3H3/b28-26+. The smallest absolute Gasteiger partial charge is 0.300 e. The van der Waals surface area contributed by atoms with E-state index in [1.165, 1.54) is 24.9 Å². The van der Waals surface area contributed by atoms with Gasteiger partial charge in [-0.25, -0.2) is 0 Å². The fourth-order valence-electron chi connectivity index (χ4n) is 5.24. The van der Waals surface area contributed by atoms with Crippen LogP contribution in [0.25, 0.3) is 5.76 Å². The molecule has 1 unspecified atom stereocenters. The van der Waals surface area contributed by atoms with Crippen LogP contribution in [0.1, 0.15) is 41.1 Å². The summed E-state index contributed by atoms with van der Waals surface area (Å²) in [5.41, 5.74) is 4.77. The van der Waals surface area contributed by atoms with Crippen molar-refractivity contribution in [2.24, 2.45) is 0 Å². The lowest BCUT2D eigenvalue weighted by Gasteiger charge is -2.27. The number of aryl methyl sites for hydroxylation is 2. The summed E-state index contributed by atoms with van der Waals surface area (Å²) in [6.07, 6.45) is 2.35. The van der Waals surface area contributed by atoms with E-state index in [9.17, 15) is 14.7 Å². The molecule has 0 bridgehead atoms. The van der Waals surface area contributed by atoms with Crippen molar-refractivity contribution in [3.63, 3.8) is 0 Å². The zero-order valence-corrected chi connectivity index (χ0v) is 20.8. The Balaban J connectivity index is 1.68. The number of carbonyl (C=O) groups excluding carboxylic acids is 2. The van der Waals surface area contributed by atoms with Gasteiger partial charge in [-0.05, 0) is 74.2 Å². The van der Waals surface area contributed by atoms with Gasteiger partial charge in [0, 0.05) is 24.5 Å². The molecule has 1 N–H and O–H groups in total. The highest BCUT2D eigenvalue weighted by molar-refractivity contribution is 6.51. The number of rotatable bonds is 5. The summed E-state index contributed by atoms with van der Waals surface area (Å²) in [6, 6.07) is 20.0. The first kappa shape index (κ1) is 23.7. The number of hydrogen-bond acceptors (Lipinski definition) is 5. The number of aliphatic hydroxyl groups is 1. The van der Waals surface area contributed by atoms with E-state index < -0.39 is 17.7 Å². The van der Waals surface area contributed by atoms with E-state index in [0.717, 1.165) is 35.5 Å². The van der Waals surface area contributed by atoms with Crippen LogP contribution in [-0.4, -0.2) is 37.0 Å². The highest BCUT2D eigenvalue weighted by Crippen LogP contribution is 2.44. The molecule has 3 aromatic carbocycles. The topological polar surface area (TPSA) is 70.1 Å². The fraction of sp³-hybridized carbons (Fsp3) is 0.267. The third kappa shape index (κ3) is 4.02. The lowest BCUT2D eigenvalue weighted by atomic mass is 9.92. The Bertz CT molecular complexity index is 1350. The van der Waals surface area contributed by atoms with Crippen LogP contribution < -0.4 is 14.5 Å². The number of amides is 1. The number of anilines is 2. The summed E-state index contributed by atoms with van der Waals surface area (Å²) >= 11 is 0. The Morgan fingerprint density at radius 1 is 0.917 bits per heavy atom. The largest absolute Gasteiger partial charge is 0.507 e. The third-order valence-electron chi connectivity index (χ3n) is 7.14. The van der Waals surface area contributed by atoms with Gasteiger partial charge in [0.15, 0.2) is 0 Å². The van der Waals surface area contributed by atoms with Crippen molar-refractivity contribution < 1.29 is 19.4 Å². The van der Waals surface area contributed by atoms with Gasteiger partial charge in [0.2, 0.25) is 0 Å². The maximum atomic E-state index is 13.5. The first-order valence-electron chi connectivity index (χ1n) is 12.3. The number of ketones is 1. The van der Waals surface area contributed by atoms with Gasteiger partial charge in [0.05, 0.1) is 24.3 Å². The van der Waals surface area contributed by atoms with Crippen molar-refractivity contribution >= 4 is 28.8 Å². The summed E-state index contributed by atoms with van der Waals surface area (Å²) < 4.78 is 5.47. The van der Waals surface area contributed by atoms with E-state index in [4.69, 9.17) is 4.74 Å². The summed E-state index contributed by atoms with van der Waals surface area (Å²) in [7, 11) is 1.51. The average molecular weight is 483 g/mol. The Hall–Kier alpha value is -4.06. The van der Waals surface area contributed by atoms with Crippen LogP contribution in [0.15, 0.2) is 72.3 Å². The summed E-state index contributed by atoms with van der Waals surface area (Å²) in [4.78, 5) is 30.8. The van der Waals surface area contributed by atoms with E-state index in [1.54, 1.807) is 12.1 Å². The van der Waals surface area contributed by atoms with Crippen LogP contribution >= 0.6 is 0 Å². The predicted molar refractivity (Wildman–Crippen MR) is 142 cm³/mol. The minimum atomic E-state index is -0.769. The highest BCUT2D eigenvalue weighted by atomic mass is 16.5. The van der Waals surface area contributed by atoms with E-state index in [2.05, 4.69) is 4.90 Å². The molecule has 6 heteroatoms. The fourth-order valence-corrected chi connectivity index (χ4v) is 5.24. The van der Waals surface area contributed by atoms with Crippen molar-refractivity contribution in [1.82, 2.24) is 0 Å². The molecule has 0 radical (unpaired) electrons. The molecule has 0 saturated carbocycles. The van der Waals surface area contributed by atoms with Crippen LogP contribution in [0.4, 0.5) is 11.4 Å². The van der Waals surface area contributed by atoms with Crippen LogP contribution in [0, 0.1) is 13.8 Å². The van der Waals surface area contributed by atoms with Gasteiger partial charge in [-0.15, -0.1) is 0 Å². The van der Waals surface area contributed by atoms with Gasteiger partial charge in [0.1, 0.15) is 11.5 Å². The van der Waals surface area contributed by atoms with E-state index in [0.29, 0.717) is 17.0 Å². The number of methoxy groups -OCH3 is 1. The molecule has 2 saturated heterocycles. The second-order valence-electron chi connectivity index (χ2n) is 9.44. The van der Waals surface area contributed by atoms with Crippen LogP contribution in [0.5, 0.6) is 5.75 Å². The van der Waals surface area contributed by atoms with Gasteiger partial charge in [-0.2, -0.15) is 0 Å². The molecule has 2 heterocycles. The van der Waals surface area contributed by atoms with E-state index in [-0.39, 0.29) is 11.3 Å². The van der Waals surface area contributed by atoms with Crippen molar-refractivity contribution in [2.45, 2.75) is 32.7 Å². The third-order valence-corrected chi connectivity index (χ3v) is 7.14. The minimum Gasteiger partial charge on any atom is -0.507 e. The zero-order chi connectivity index (χ0) is 25.4. The van der Waals surface area contributed by atoms with Crippen molar-refractivity contribution in [2.75, 3.05) is 30.0 Å². The maximum absolute atomic E-state index is 13.5. The Kier molecular flexibility index (Phi) is 6.27. The molecule has 0 spiro atoms. The summed E-state index contributed by atoms with van der Waals surface area (Å²) in [5.74, 6) is -1.18. The van der Waals surface area contributed by atoms with Crippen molar-refractivity contribution in [3.05, 3.63) is 94.6 Å². The number of nitrogens with zero attached hydrogens (tertiary/aromatic N) is 2. The molecule has 0 aliphatic carbocycles. The lowest BCUT2D eigenvalue weighted by molar-refractivity contribution is -0.132. The second-order valence-corrected chi connectivity index (χ2v) is 9.44. The molecule has 184 valence electrons. The first-order valence-corrected chi connectivity index (χ1v) is 12.3. The molecule has 36 heavy (non-hydrogen) atoms. The van der Waals surface area contributed by atoms with Gasteiger partial charge in [0.25, 0.3) is 11.7 Å². The number of carbonyl (C=O) groups is 2. The van der Waals surface area contributed by atoms with Gasteiger partial charge >= 0.3 is 0 Å². The number of benzene rings is 3. The molecular weight excluding hydrogens is 452 g/mol. The highest BCUT2D eigenvalue weighted by Gasteiger charge is 2.47. The Morgan fingerprint density at radius 2 is 1.58 bits per heavy atom. The predicted octanol–water partition coefficient (Wildman–Crippen LogP) is 5.54. The first-order chi connectivity index (χ1) is 17.4. The van der Waals surface area contributed by atoms with Crippen LogP contribution in [0.3, 0.4) is 0 Å². The van der Waals surface area contributed by atoms with Crippen LogP contribution in [0.2, 0.25) is 0 Å². The Morgan fingerprint density at radius 3 is 2.25 bits per heavy atom. The monoisotopic (exact) mass is 482 g/mol. The van der Waals surface area contributed by atoms with E-state index in [1.807, 2.05) is 68.4 Å². The molecular formula is C30H30N2O4. The van der Waals surface area contributed by atoms with Gasteiger partial charge in [-0.1, -0.05) is 35.9 Å². The average Bonchev–Trinajstić information content (AvgIpc) is 3.51. The second kappa shape index (κ2) is 9.53. The van der Waals surface area contributed by atoms with E-state index >= 15 is 0 Å². The van der Waals surface area contributed by atoms with Crippen molar-refractivity contribution in [3.8, 4) is 5.75 Å². The van der Waals surface area contributed by atoms with Gasteiger partial charge < -0.3 is 14.7 Å². The molecule has 6 nitrogen and oxygen atoms in total. The normalized spacial score (nSPS) is 19.2. The molecule has 1 atom stereocenters. The van der Waals surface area contributed by atoms with Crippen molar-refractivity contribution in [1.29, 1.82) is 0 Å². The van der Waals surface area contributed by atoms with Crippen LogP contribution in [-0.2, 0) is 9.59 Å². The summed E-state index contributed by atoms with van der Waals surface area (Å²) in [5, 5.41) is 11.5. The number of aliphatic hydroxyl groups excluding tert-OH is 1. The SMILES string of the molecule is COc1ccc(C)cc1/C(O)=C1\C(=O)C(=O)N(c2ccc(N3CCCC3)cc2)C1c1ccccc1C. The molecule has 2 aliphatic heterocycles.